The lowest BCUT2D eigenvalue weighted by molar-refractivity contribution is 0.287. The normalized spacial score (nSPS) is 25.9. The highest BCUT2D eigenvalue weighted by Crippen LogP contribution is 2.42. The Labute approximate surface area is 79.7 Å². The summed E-state index contributed by atoms with van der Waals surface area (Å²) in [5.41, 5.74) is 1.44. The van der Waals surface area contributed by atoms with Gasteiger partial charge in [0.2, 0.25) is 0 Å². The van der Waals surface area contributed by atoms with Crippen LogP contribution in [0.25, 0.3) is 0 Å². The molecule has 1 aliphatic heterocycles. The zero-order valence-electron chi connectivity index (χ0n) is 8.12. The Morgan fingerprint density at radius 1 is 1.31 bits per heavy atom. The van der Waals surface area contributed by atoms with Crippen LogP contribution in [-0.2, 0) is 10.3 Å². The van der Waals surface area contributed by atoms with Crippen molar-refractivity contribution in [1.82, 2.24) is 0 Å². The Kier molecular flexibility index (Phi) is 2.36. The van der Waals surface area contributed by atoms with Crippen molar-refractivity contribution in [2.75, 3.05) is 6.61 Å². The third-order valence-electron chi connectivity index (χ3n) is 2.73. The van der Waals surface area contributed by atoms with Gasteiger partial charge in [0.25, 0.3) is 0 Å². The molecule has 0 aliphatic carbocycles. The van der Waals surface area contributed by atoms with Crippen LogP contribution < -0.4 is 0 Å². The minimum absolute atomic E-state index is 0.0945. The molecule has 0 radical (unpaired) electrons. The van der Waals surface area contributed by atoms with Crippen molar-refractivity contribution in [3.63, 3.8) is 0 Å². The van der Waals surface area contributed by atoms with Crippen molar-refractivity contribution in [3.05, 3.63) is 35.9 Å². The molecule has 1 aliphatic rings. The van der Waals surface area contributed by atoms with E-state index in [4.69, 9.17) is 4.74 Å². The third kappa shape index (κ3) is 1.75. The van der Waals surface area contributed by atoms with Crippen LogP contribution in [0.2, 0.25) is 0 Å². The van der Waals surface area contributed by atoms with E-state index >= 15 is 0 Å². The van der Waals surface area contributed by atoms with Gasteiger partial charge in [0.15, 0.2) is 0 Å². The SMILES string of the molecule is CCCCC1(c2ccccc2)CO1. The monoisotopic (exact) mass is 176 g/mol. The summed E-state index contributed by atoms with van der Waals surface area (Å²) in [6, 6.07) is 10.6. The predicted octanol–water partition coefficient (Wildman–Crippen LogP) is 3.10. The van der Waals surface area contributed by atoms with Gasteiger partial charge in [0.05, 0.1) is 6.61 Å². The molecule has 0 spiro atoms. The fourth-order valence-corrected chi connectivity index (χ4v) is 1.75. The van der Waals surface area contributed by atoms with Gasteiger partial charge in [0, 0.05) is 0 Å². The molecule has 0 N–H and O–H groups in total. The van der Waals surface area contributed by atoms with E-state index in [1.165, 1.54) is 24.8 Å². The van der Waals surface area contributed by atoms with Gasteiger partial charge in [-0.25, -0.2) is 0 Å². The van der Waals surface area contributed by atoms with E-state index < -0.39 is 0 Å². The first-order valence-corrected chi connectivity index (χ1v) is 5.07. The molecule has 0 bridgehead atoms. The van der Waals surface area contributed by atoms with Crippen molar-refractivity contribution in [3.8, 4) is 0 Å². The number of benzene rings is 1. The number of rotatable bonds is 4. The topological polar surface area (TPSA) is 12.5 Å². The molecule has 1 atom stereocenters. The lowest BCUT2D eigenvalue weighted by Gasteiger charge is -2.10. The number of hydrogen-bond donors (Lipinski definition) is 0. The zero-order chi connectivity index (χ0) is 9.15. The molecule has 1 aromatic carbocycles. The maximum absolute atomic E-state index is 5.58. The van der Waals surface area contributed by atoms with Crippen LogP contribution in [0, 0.1) is 0 Å². The first kappa shape index (κ1) is 8.76. The van der Waals surface area contributed by atoms with E-state index in [2.05, 4.69) is 37.3 Å². The molecule has 1 saturated heterocycles. The highest BCUT2D eigenvalue weighted by Gasteiger charge is 2.45. The fourth-order valence-electron chi connectivity index (χ4n) is 1.75. The second-order valence-corrected chi connectivity index (χ2v) is 3.75. The molecular weight excluding hydrogens is 160 g/mol. The largest absolute Gasteiger partial charge is 0.365 e. The zero-order valence-corrected chi connectivity index (χ0v) is 8.12. The van der Waals surface area contributed by atoms with Crippen molar-refractivity contribution >= 4 is 0 Å². The predicted molar refractivity (Wildman–Crippen MR) is 53.6 cm³/mol. The van der Waals surface area contributed by atoms with Crippen LogP contribution in [0.5, 0.6) is 0 Å². The Morgan fingerprint density at radius 3 is 2.54 bits per heavy atom. The highest BCUT2D eigenvalue weighted by molar-refractivity contribution is 5.26. The van der Waals surface area contributed by atoms with E-state index in [1.807, 2.05) is 0 Å². The minimum Gasteiger partial charge on any atom is -0.365 e. The van der Waals surface area contributed by atoms with Crippen molar-refractivity contribution in [2.45, 2.75) is 31.8 Å². The van der Waals surface area contributed by atoms with E-state index in [0.29, 0.717) is 0 Å². The Hall–Kier alpha value is -0.820. The number of hydrogen-bond acceptors (Lipinski definition) is 1. The lowest BCUT2D eigenvalue weighted by atomic mass is 9.94. The number of ether oxygens (including phenoxy) is 1. The van der Waals surface area contributed by atoms with E-state index in [0.717, 1.165) is 6.61 Å². The summed E-state index contributed by atoms with van der Waals surface area (Å²) < 4.78 is 5.58. The first-order valence-electron chi connectivity index (χ1n) is 5.07. The van der Waals surface area contributed by atoms with Crippen LogP contribution in [0.4, 0.5) is 0 Å². The maximum atomic E-state index is 5.58. The molecule has 1 aromatic rings. The summed E-state index contributed by atoms with van der Waals surface area (Å²) in [5, 5.41) is 0. The molecule has 1 nitrogen and oxygen atoms in total. The molecule has 1 heterocycles. The summed E-state index contributed by atoms with van der Waals surface area (Å²) >= 11 is 0. The Balaban J connectivity index is 2.07. The summed E-state index contributed by atoms with van der Waals surface area (Å²) in [7, 11) is 0. The summed E-state index contributed by atoms with van der Waals surface area (Å²) in [5.74, 6) is 0. The average Bonchev–Trinajstić information content (AvgIpc) is 2.97. The minimum atomic E-state index is 0.0945. The van der Waals surface area contributed by atoms with Gasteiger partial charge >= 0.3 is 0 Å². The summed E-state index contributed by atoms with van der Waals surface area (Å²) in [4.78, 5) is 0. The van der Waals surface area contributed by atoms with Crippen molar-refractivity contribution in [2.24, 2.45) is 0 Å². The van der Waals surface area contributed by atoms with Crippen LogP contribution in [0.3, 0.4) is 0 Å². The standard InChI is InChI=1S/C12H16O/c1-2-3-9-12(10-13-12)11-7-5-4-6-8-11/h4-8H,2-3,9-10H2,1H3. The first-order chi connectivity index (χ1) is 6.37. The molecular formula is C12H16O. The molecule has 0 amide bonds. The quantitative estimate of drug-likeness (QED) is 0.642. The van der Waals surface area contributed by atoms with Gasteiger partial charge in [0.1, 0.15) is 5.60 Å². The van der Waals surface area contributed by atoms with Gasteiger partial charge in [-0.1, -0.05) is 50.1 Å². The summed E-state index contributed by atoms with van der Waals surface area (Å²) in [6.45, 7) is 3.14. The van der Waals surface area contributed by atoms with E-state index in [9.17, 15) is 0 Å². The van der Waals surface area contributed by atoms with Crippen molar-refractivity contribution in [1.29, 1.82) is 0 Å². The average molecular weight is 176 g/mol. The van der Waals surface area contributed by atoms with Gasteiger partial charge in [-0.2, -0.15) is 0 Å². The van der Waals surface area contributed by atoms with Crippen LogP contribution >= 0.6 is 0 Å². The fraction of sp³-hybridized carbons (Fsp3) is 0.500. The van der Waals surface area contributed by atoms with Gasteiger partial charge in [-0.15, -0.1) is 0 Å². The van der Waals surface area contributed by atoms with Gasteiger partial charge < -0.3 is 4.74 Å². The highest BCUT2D eigenvalue weighted by atomic mass is 16.6. The number of unbranched alkanes of at least 4 members (excludes halogenated alkanes) is 1. The molecule has 0 saturated carbocycles. The smallest absolute Gasteiger partial charge is 0.117 e. The summed E-state index contributed by atoms with van der Waals surface area (Å²) in [6.07, 6.45) is 3.68. The second kappa shape index (κ2) is 3.51. The Bertz CT molecular complexity index is 262. The second-order valence-electron chi connectivity index (χ2n) is 3.75. The van der Waals surface area contributed by atoms with Crippen LogP contribution in [-0.4, -0.2) is 6.61 Å². The lowest BCUT2D eigenvalue weighted by Crippen LogP contribution is -2.07. The molecule has 2 rings (SSSR count). The Morgan fingerprint density at radius 2 is 2.00 bits per heavy atom. The number of epoxide rings is 1. The molecule has 1 fully saturated rings. The van der Waals surface area contributed by atoms with Gasteiger partial charge in [-0.05, 0) is 12.0 Å². The van der Waals surface area contributed by atoms with E-state index in [-0.39, 0.29) is 5.60 Å². The molecule has 13 heavy (non-hydrogen) atoms. The van der Waals surface area contributed by atoms with Crippen LogP contribution in [0.1, 0.15) is 31.7 Å². The molecule has 1 unspecified atom stereocenters. The maximum Gasteiger partial charge on any atom is 0.117 e. The van der Waals surface area contributed by atoms with Crippen LogP contribution in [0.15, 0.2) is 30.3 Å². The molecule has 70 valence electrons. The molecule has 1 heteroatoms. The molecule has 0 aromatic heterocycles. The van der Waals surface area contributed by atoms with Gasteiger partial charge in [-0.3, -0.25) is 0 Å². The van der Waals surface area contributed by atoms with E-state index in [1.54, 1.807) is 0 Å². The van der Waals surface area contributed by atoms with Crippen molar-refractivity contribution < 1.29 is 4.74 Å². The third-order valence-corrected chi connectivity index (χ3v) is 2.73.